The van der Waals surface area contributed by atoms with Gasteiger partial charge in [-0.1, -0.05) is 0 Å². The van der Waals surface area contributed by atoms with Gasteiger partial charge in [0.05, 0.1) is 9.82 Å². The Labute approximate surface area is 114 Å². The van der Waals surface area contributed by atoms with E-state index in [1.807, 2.05) is 0 Å². The molecule has 20 heavy (non-hydrogen) atoms. The number of carboxylic acids is 1. The number of benzene rings is 1. The molecule has 0 saturated carbocycles. The lowest BCUT2D eigenvalue weighted by Crippen LogP contribution is -2.30. The van der Waals surface area contributed by atoms with Gasteiger partial charge in [-0.05, 0) is 19.1 Å². The minimum atomic E-state index is -4.07. The van der Waals surface area contributed by atoms with Crippen molar-refractivity contribution in [1.82, 2.24) is 0 Å². The Kier molecular flexibility index (Phi) is 4.63. The van der Waals surface area contributed by atoms with Crippen LogP contribution < -0.4 is 10.0 Å². The second-order valence-electron chi connectivity index (χ2n) is 3.86. The summed E-state index contributed by atoms with van der Waals surface area (Å²) >= 11 is 0. The highest BCUT2D eigenvalue weighted by Crippen LogP contribution is 2.30. The molecule has 0 saturated heterocycles. The third-order valence-electron chi connectivity index (χ3n) is 2.52. The molecule has 0 spiro atoms. The summed E-state index contributed by atoms with van der Waals surface area (Å²) in [5, 5.41) is 24.7. The Morgan fingerprint density at radius 2 is 2.10 bits per heavy atom. The van der Waals surface area contributed by atoms with E-state index in [2.05, 4.69) is 0 Å². The number of hydrogen-bond donors (Lipinski definition) is 2. The van der Waals surface area contributed by atoms with Gasteiger partial charge in [0.2, 0.25) is 10.0 Å². The van der Waals surface area contributed by atoms with Gasteiger partial charge in [0.15, 0.2) is 0 Å². The first kappa shape index (κ1) is 15.9. The number of aliphatic carboxylic acids is 1. The molecule has 0 aromatic heterocycles. The van der Waals surface area contributed by atoms with Crippen molar-refractivity contribution in [3.8, 4) is 0 Å². The number of sulfonamides is 1. The van der Waals surface area contributed by atoms with Crippen molar-refractivity contribution in [2.24, 2.45) is 5.14 Å². The number of carbonyl (C=O) groups is 1. The molecule has 9 nitrogen and oxygen atoms in total. The highest BCUT2D eigenvalue weighted by molar-refractivity contribution is 7.89. The van der Waals surface area contributed by atoms with E-state index in [1.54, 1.807) is 6.92 Å². The van der Waals surface area contributed by atoms with Crippen molar-refractivity contribution < 1.29 is 23.2 Å². The first-order chi connectivity index (χ1) is 9.16. The number of nitro benzene ring substituents is 1. The first-order valence-corrected chi connectivity index (χ1v) is 6.99. The summed E-state index contributed by atoms with van der Waals surface area (Å²) in [4.78, 5) is 21.8. The number of nitro groups is 1. The van der Waals surface area contributed by atoms with Gasteiger partial charge in [-0.25, -0.2) is 13.6 Å². The highest BCUT2D eigenvalue weighted by Gasteiger charge is 2.23. The summed E-state index contributed by atoms with van der Waals surface area (Å²) < 4.78 is 22.4. The summed E-state index contributed by atoms with van der Waals surface area (Å²) in [6.07, 6.45) is 0. The summed E-state index contributed by atoms with van der Waals surface area (Å²) in [6.45, 7) is 1.40. The van der Waals surface area contributed by atoms with Crippen molar-refractivity contribution in [3.63, 3.8) is 0 Å². The number of nitrogens with zero attached hydrogens (tertiary/aromatic N) is 2. The first-order valence-electron chi connectivity index (χ1n) is 5.44. The zero-order valence-corrected chi connectivity index (χ0v) is 11.3. The molecule has 0 heterocycles. The number of anilines is 1. The monoisotopic (exact) mass is 303 g/mol. The van der Waals surface area contributed by atoms with Crippen LogP contribution in [0.4, 0.5) is 11.4 Å². The second-order valence-corrected chi connectivity index (χ2v) is 5.42. The quantitative estimate of drug-likeness (QED) is 0.562. The molecular formula is C10H13N3O6S. The Balaban J connectivity index is 3.40. The minimum absolute atomic E-state index is 0.0206. The van der Waals surface area contributed by atoms with E-state index in [1.165, 1.54) is 11.0 Å². The number of nitrogens with two attached hydrogens (primary N) is 1. The topological polar surface area (TPSA) is 144 Å². The maximum absolute atomic E-state index is 11.2. The van der Waals surface area contributed by atoms with E-state index in [0.717, 1.165) is 12.1 Å². The molecule has 1 aromatic carbocycles. The van der Waals surface area contributed by atoms with Crippen LogP contribution in [0, 0.1) is 10.1 Å². The fraction of sp³-hybridized carbons (Fsp3) is 0.300. The molecule has 1 aromatic rings. The van der Waals surface area contributed by atoms with Crippen molar-refractivity contribution in [3.05, 3.63) is 28.3 Å². The average Bonchev–Trinajstić information content (AvgIpc) is 2.33. The lowest BCUT2D eigenvalue weighted by molar-refractivity contribution is -0.384. The van der Waals surface area contributed by atoms with Crippen molar-refractivity contribution in [1.29, 1.82) is 0 Å². The number of likely N-dealkylation sites (N-methyl/N-ethyl adjacent to an activating group) is 1. The lowest BCUT2D eigenvalue weighted by Gasteiger charge is -2.20. The average molecular weight is 303 g/mol. The fourth-order valence-electron chi connectivity index (χ4n) is 1.62. The van der Waals surface area contributed by atoms with Gasteiger partial charge in [-0.15, -0.1) is 0 Å². The molecule has 0 aliphatic rings. The van der Waals surface area contributed by atoms with Gasteiger partial charge in [0.25, 0.3) is 5.69 Å². The largest absolute Gasteiger partial charge is 0.480 e. The minimum Gasteiger partial charge on any atom is -0.480 e. The van der Waals surface area contributed by atoms with E-state index in [9.17, 15) is 23.3 Å². The van der Waals surface area contributed by atoms with Crippen LogP contribution in [-0.4, -0.2) is 37.5 Å². The Bertz CT molecular complexity index is 642. The normalized spacial score (nSPS) is 11.1. The molecule has 1 rings (SSSR count). The van der Waals surface area contributed by atoms with Crippen molar-refractivity contribution >= 4 is 27.4 Å². The van der Waals surface area contributed by atoms with Crippen LogP contribution in [0.3, 0.4) is 0 Å². The van der Waals surface area contributed by atoms with Gasteiger partial charge in [0, 0.05) is 12.6 Å². The standard InChI is InChI=1S/C10H13N3O6S/c1-2-12(6-10(14)15)8-4-3-7(20(11,18)19)5-9(8)13(16)17/h3-5H,2,6H2,1H3,(H,14,15)(H2,11,18,19). The summed E-state index contributed by atoms with van der Waals surface area (Å²) in [5.41, 5.74) is -0.494. The molecule has 0 aliphatic carbocycles. The molecule has 0 atom stereocenters. The molecule has 0 amide bonds. The molecule has 10 heteroatoms. The molecule has 3 N–H and O–H groups in total. The Morgan fingerprint density at radius 3 is 2.50 bits per heavy atom. The zero-order chi connectivity index (χ0) is 15.5. The number of primary sulfonamides is 1. The number of carboxylic acid groups (broad SMARTS) is 1. The number of rotatable bonds is 6. The van der Waals surface area contributed by atoms with Gasteiger partial charge in [-0.3, -0.25) is 14.9 Å². The molecule has 0 unspecified atom stereocenters. The van der Waals surface area contributed by atoms with Gasteiger partial charge < -0.3 is 10.0 Å². The fourth-order valence-corrected chi connectivity index (χ4v) is 2.16. The molecule has 0 radical (unpaired) electrons. The van der Waals surface area contributed by atoms with Gasteiger partial charge in [-0.2, -0.15) is 0 Å². The van der Waals surface area contributed by atoms with E-state index in [4.69, 9.17) is 10.2 Å². The van der Waals surface area contributed by atoms with Gasteiger partial charge in [0.1, 0.15) is 12.2 Å². The molecule has 0 aliphatic heterocycles. The Hall–Kier alpha value is -2.20. The summed E-state index contributed by atoms with van der Waals surface area (Å²) in [7, 11) is -4.07. The van der Waals surface area contributed by atoms with Crippen LogP contribution in [-0.2, 0) is 14.8 Å². The predicted octanol–water partition coefficient (Wildman–Crippen LogP) is 0.153. The maximum atomic E-state index is 11.2. The summed E-state index contributed by atoms with van der Waals surface area (Å²) in [6, 6.07) is 3.08. The van der Waals surface area contributed by atoms with Crippen LogP contribution in [0.2, 0.25) is 0 Å². The van der Waals surface area contributed by atoms with Crippen LogP contribution in [0.1, 0.15) is 6.92 Å². The summed E-state index contributed by atoms with van der Waals surface area (Å²) in [5.74, 6) is -1.16. The van der Waals surface area contributed by atoms with E-state index < -0.39 is 38.0 Å². The van der Waals surface area contributed by atoms with Crippen LogP contribution in [0.5, 0.6) is 0 Å². The third kappa shape index (κ3) is 3.65. The zero-order valence-electron chi connectivity index (χ0n) is 10.5. The Morgan fingerprint density at radius 1 is 1.50 bits per heavy atom. The van der Waals surface area contributed by atoms with Crippen LogP contribution in [0.25, 0.3) is 0 Å². The van der Waals surface area contributed by atoms with Crippen LogP contribution in [0.15, 0.2) is 23.1 Å². The molecule has 0 fully saturated rings. The van der Waals surface area contributed by atoms with E-state index in [0.29, 0.717) is 0 Å². The predicted molar refractivity (Wildman–Crippen MR) is 70.0 cm³/mol. The van der Waals surface area contributed by atoms with Crippen LogP contribution >= 0.6 is 0 Å². The second kappa shape index (κ2) is 5.84. The molecule has 0 bridgehead atoms. The lowest BCUT2D eigenvalue weighted by atomic mass is 10.2. The van der Waals surface area contributed by atoms with Gasteiger partial charge >= 0.3 is 5.97 Å². The van der Waals surface area contributed by atoms with E-state index >= 15 is 0 Å². The van der Waals surface area contributed by atoms with E-state index in [-0.39, 0.29) is 12.2 Å². The molecule has 110 valence electrons. The molecular weight excluding hydrogens is 290 g/mol. The smallest absolute Gasteiger partial charge is 0.323 e. The number of hydrogen-bond acceptors (Lipinski definition) is 6. The SMILES string of the molecule is CCN(CC(=O)O)c1ccc(S(N)(=O)=O)cc1[N+](=O)[O-]. The highest BCUT2D eigenvalue weighted by atomic mass is 32.2. The third-order valence-corrected chi connectivity index (χ3v) is 3.43. The van der Waals surface area contributed by atoms with Crippen molar-refractivity contribution in [2.45, 2.75) is 11.8 Å². The van der Waals surface area contributed by atoms with Crippen molar-refractivity contribution in [2.75, 3.05) is 18.0 Å². The maximum Gasteiger partial charge on any atom is 0.323 e.